The van der Waals surface area contributed by atoms with Crippen LogP contribution in [0.1, 0.15) is 35.4 Å². The summed E-state index contributed by atoms with van der Waals surface area (Å²) >= 11 is 0. The first-order valence-electron chi connectivity index (χ1n) is 10.6. The van der Waals surface area contributed by atoms with E-state index in [9.17, 15) is 14.7 Å². The zero-order valence-corrected chi connectivity index (χ0v) is 17.6. The van der Waals surface area contributed by atoms with Gasteiger partial charge in [-0.25, -0.2) is 9.78 Å². The summed E-state index contributed by atoms with van der Waals surface area (Å²) in [6.45, 7) is 2.45. The summed E-state index contributed by atoms with van der Waals surface area (Å²) in [4.78, 5) is 30.2. The van der Waals surface area contributed by atoms with Crippen molar-refractivity contribution < 1.29 is 19.1 Å². The van der Waals surface area contributed by atoms with Crippen molar-refractivity contribution in [2.75, 3.05) is 6.54 Å². The molecular formula is C25H26N2O4. The van der Waals surface area contributed by atoms with Crippen LogP contribution in [0.5, 0.6) is 0 Å². The predicted octanol–water partition coefficient (Wildman–Crippen LogP) is 4.05. The number of rotatable bonds is 7. The molecule has 1 N–H and O–H groups in total. The van der Waals surface area contributed by atoms with Crippen LogP contribution in [0, 0.1) is 6.92 Å². The Bertz CT molecular complexity index is 1070. The second-order valence-electron chi connectivity index (χ2n) is 7.97. The average molecular weight is 418 g/mol. The predicted molar refractivity (Wildman–Crippen MR) is 117 cm³/mol. The highest BCUT2D eigenvalue weighted by atomic mass is 16.4. The molecule has 0 spiro atoms. The fourth-order valence-corrected chi connectivity index (χ4v) is 4.12. The van der Waals surface area contributed by atoms with E-state index >= 15 is 0 Å². The first-order chi connectivity index (χ1) is 15.0. The lowest BCUT2D eigenvalue weighted by atomic mass is 10.0. The normalized spacial score (nSPS) is 15.9. The second kappa shape index (κ2) is 9.16. The van der Waals surface area contributed by atoms with Crippen LogP contribution in [0.15, 0.2) is 59.0 Å². The summed E-state index contributed by atoms with van der Waals surface area (Å²) in [5.74, 6) is 0.407. The van der Waals surface area contributed by atoms with Crippen LogP contribution < -0.4 is 0 Å². The molecule has 0 saturated carbocycles. The zero-order chi connectivity index (χ0) is 21.8. The maximum absolute atomic E-state index is 12.6. The number of amides is 1. The van der Waals surface area contributed by atoms with Crippen molar-refractivity contribution >= 4 is 11.9 Å². The maximum Gasteiger partial charge on any atom is 0.326 e. The van der Waals surface area contributed by atoms with Crippen LogP contribution in [0.25, 0.3) is 11.5 Å². The number of carboxylic acids is 1. The third kappa shape index (κ3) is 4.85. The van der Waals surface area contributed by atoms with Gasteiger partial charge in [0.15, 0.2) is 0 Å². The minimum absolute atomic E-state index is 0.123. The van der Waals surface area contributed by atoms with Crippen LogP contribution >= 0.6 is 0 Å². The average Bonchev–Trinajstić information content (AvgIpc) is 3.40. The van der Waals surface area contributed by atoms with Gasteiger partial charge >= 0.3 is 5.97 Å². The Kier molecular flexibility index (Phi) is 6.16. The molecule has 1 aliphatic heterocycles. The van der Waals surface area contributed by atoms with E-state index in [1.165, 1.54) is 4.90 Å². The lowest BCUT2D eigenvalue weighted by molar-refractivity contribution is -0.148. The molecule has 31 heavy (non-hydrogen) atoms. The van der Waals surface area contributed by atoms with Gasteiger partial charge in [0.2, 0.25) is 11.8 Å². The fraction of sp³-hybridized carbons (Fsp3) is 0.320. The molecule has 1 atom stereocenters. The van der Waals surface area contributed by atoms with E-state index in [1.54, 1.807) is 0 Å². The molecule has 160 valence electrons. The van der Waals surface area contributed by atoms with Crippen molar-refractivity contribution in [3.8, 4) is 11.5 Å². The molecule has 0 aliphatic carbocycles. The monoisotopic (exact) mass is 418 g/mol. The van der Waals surface area contributed by atoms with Gasteiger partial charge in [-0.3, -0.25) is 4.79 Å². The first-order valence-corrected chi connectivity index (χ1v) is 10.6. The van der Waals surface area contributed by atoms with E-state index in [-0.39, 0.29) is 12.3 Å². The molecule has 6 heteroatoms. The molecule has 1 amide bonds. The van der Waals surface area contributed by atoms with Gasteiger partial charge in [-0.1, -0.05) is 42.5 Å². The molecule has 0 radical (unpaired) electrons. The number of carbonyl (C=O) groups excluding carboxylic acids is 1. The molecule has 6 nitrogen and oxygen atoms in total. The van der Waals surface area contributed by atoms with Crippen LogP contribution in [-0.2, 0) is 28.9 Å². The minimum atomic E-state index is -0.919. The zero-order valence-electron chi connectivity index (χ0n) is 17.6. The van der Waals surface area contributed by atoms with E-state index in [1.807, 2.05) is 61.5 Å². The van der Waals surface area contributed by atoms with E-state index < -0.39 is 12.0 Å². The van der Waals surface area contributed by atoms with E-state index in [4.69, 9.17) is 4.42 Å². The summed E-state index contributed by atoms with van der Waals surface area (Å²) in [6.07, 6.45) is 3.02. The molecule has 2 heterocycles. The van der Waals surface area contributed by atoms with Crippen molar-refractivity contribution in [2.24, 2.45) is 0 Å². The van der Waals surface area contributed by atoms with Gasteiger partial charge in [-0.05, 0) is 55.9 Å². The van der Waals surface area contributed by atoms with Gasteiger partial charge in [0.05, 0.1) is 12.1 Å². The molecule has 4 rings (SSSR count). The van der Waals surface area contributed by atoms with E-state index in [0.29, 0.717) is 18.9 Å². The maximum atomic E-state index is 12.6. The van der Waals surface area contributed by atoms with Crippen molar-refractivity contribution in [1.82, 2.24) is 9.88 Å². The van der Waals surface area contributed by atoms with Crippen molar-refractivity contribution in [1.29, 1.82) is 0 Å². The van der Waals surface area contributed by atoms with E-state index in [0.717, 1.165) is 47.4 Å². The number of aliphatic carboxylic acids is 1. The largest absolute Gasteiger partial charge is 0.480 e. The van der Waals surface area contributed by atoms with Gasteiger partial charge in [-0.15, -0.1) is 0 Å². The molecule has 1 fully saturated rings. The van der Waals surface area contributed by atoms with Gasteiger partial charge in [0, 0.05) is 12.1 Å². The smallest absolute Gasteiger partial charge is 0.326 e. The summed E-state index contributed by atoms with van der Waals surface area (Å²) in [5.41, 5.74) is 3.91. The molecule has 1 aliphatic rings. The lowest BCUT2D eigenvalue weighted by Crippen LogP contribution is -2.41. The summed E-state index contributed by atoms with van der Waals surface area (Å²) in [6, 6.07) is 17.1. The van der Waals surface area contributed by atoms with Gasteiger partial charge in [-0.2, -0.15) is 0 Å². The second-order valence-corrected chi connectivity index (χ2v) is 7.97. The molecule has 1 saturated heterocycles. The standard InChI is InChI=1S/C25H26N2O4/c1-17-21(26-24(31-17)20-9-3-2-4-10-20)13-12-18-7-5-8-19(15-18)16-23(28)27-14-6-11-22(27)25(29)30/h2-5,7-10,15,22H,6,11-14,16H2,1H3,(H,29,30). The van der Waals surface area contributed by atoms with Crippen LogP contribution in [0.2, 0.25) is 0 Å². The Hall–Kier alpha value is -3.41. The molecule has 1 aromatic heterocycles. The Morgan fingerprint density at radius 1 is 1.10 bits per heavy atom. The number of oxazole rings is 1. The van der Waals surface area contributed by atoms with Crippen molar-refractivity contribution in [3.05, 3.63) is 77.2 Å². The number of hydrogen-bond acceptors (Lipinski definition) is 4. The Balaban J connectivity index is 1.40. The van der Waals surface area contributed by atoms with Crippen LogP contribution in [0.4, 0.5) is 0 Å². The number of hydrogen-bond donors (Lipinski definition) is 1. The Morgan fingerprint density at radius 3 is 2.65 bits per heavy atom. The third-order valence-corrected chi connectivity index (χ3v) is 5.77. The Morgan fingerprint density at radius 2 is 1.87 bits per heavy atom. The van der Waals surface area contributed by atoms with E-state index in [2.05, 4.69) is 4.98 Å². The van der Waals surface area contributed by atoms with Crippen molar-refractivity contribution in [3.63, 3.8) is 0 Å². The summed E-state index contributed by atoms with van der Waals surface area (Å²) in [5, 5.41) is 9.31. The summed E-state index contributed by atoms with van der Waals surface area (Å²) in [7, 11) is 0. The number of nitrogens with zero attached hydrogens (tertiary/aromatic N) is 2. The van der Waals surface area contributed by atoms with Crippen LogP contribution in [-0.4, -0.2) is 39.5 Å². The fourth-order valence-electron chi connectivity index (χ4n) is 4.12. The number of carbonyl (C=O) groups is 2. The highest BCUT2D eigenvalue weighted by Crippen LogP contribution is 2.23. The number of aryl methyl sites for hydroxylation is 3. The number of benzene rings is 2. The highest BCUT2D eigenvalue weighted by molar-refractivity contribution is 5.85. The molecule has 1 unspecified atom stereocenters. The molecule has 0 bridgehead atoms. The molecule has 2 aromatic carbocycles. The summed E-state index contributed by atoms with van der Waals surface area (Å²) < 4.78 is 5.84. The highest BCUT2D eigenvalue weighted by Gasteiger charge is 2.33. The minimum Gasteiger partial charge on any atom is -0.480 e. The SMILES string of the molecule is Cc1oc(-c2ccccc2)nc1CCc1cccc(CC(=O)N2CCCC2C(=O)O)c1. The van der Waals surface area contributed by atoms with Gasteiger partial charge in [0.25, 0.3) is 0 Å². The number of carboxylic acid groups (broad SMARTS) is 1. The number of aromatic nitrogens is 1. The third-order valence-electron chi connectivity index (χ3n) is 5.77. The topological polar surface area (TPSA) is 83.6 Å². The molecular weight excluding hydrogens is 392 g/mol. The Labute approximate surface area is 181 Å². The first kappa shape index (κ1) is 20.8. The van der Waals surface area contributed by atoms with Gasteiger partial charge < -0.3 is 14.4 Å². The van der Waals surface area contributed by atoms with Crippen molar-refractivity contribution in [2.45, 2.75) is 45.1 Å². The quantitative estimate of drug-likeness (QED) is 0.626. The number of likely N-dealkylation sites (tertiary alicyclic amines) is 1. The molecule has 3 aromatic rings. The lowest BCUT2D eigenvalue weighted by Gasteiger charge is -2.21. The van der Waals surface area contributed by atoms with Crippen LogP contribution in [0.3, 0.4) is 0 Å². The van der Waals surface area contributed by atoms with Gasteiger partial charge in [0.1, 0.15) is 11.8 Å².